The van der Waals surface area contributed by atoms with E-state index in [1.807, 2.05) is 0 Å². The van der Waals surface area contributed by atoms with Gasteiger partial charge in [-0.15, -0.1) is 0 Å². The minimum atomic E-state index is -3.31. The zero-order valence-electron chi connectivity index (χ0n) is 12.7. The van der Waals surface area contributed by atoms with Crippen LogP contribution >= 0.6 is 11.6 Å². The number of ether oxygens (including phenoxy) is 1. The van der Waals surface area contributed by atoms with Gasteiger partial charge in [-0.05, 0) is 31.0 Å². The number of anilines is 1. The van der Waals surface area contributed by atoms with E-state index in [0.29, 0.717) is 55.5 Å². The molecule has 23 heavy (non-hydrogen) atoms. The number of rotatable bonds is 2. The lowest BCUT2D eigenvalue weighted by molar-refractivity contribution is 0.0303. The molecule has 2 saturated heterocycles. The molecule has 0 aromatic heterocycles. The van der Waals surface area contributed by atoms with Gasteiger partial charge in [-0.2, -0.15) is 0 Å². The van der Waals surface area contributed by atoms with Crippen LogP contribution in [0.3, 0.4) is 0 Å². The molecule has 0 saturated carbocycles. The fourth-order valence-electron chi connectivity index (χ4n) is 2.85. The van der Waals surface area contributed by atoms with Gasteiger partial charge in [-0.3, -0.25) is 9.10 Å². The topological polar surface area (TPSA) is 66.9 Å². The van der Waals surface area contributed by atoms with Crippen molar-refractivity contribution >= 4 is 33.2 Å². The summed E-state index contributed by atoms with van der Waals surface area (Å²) in [6.07, 6.45) is 1.49. The summed E-state index contributed by atoms with van der Waals surface area (Å²) in [5.41, 5.74) is 0.845. The van der Waals surface area contributed by atoms with Crippen molar-refractivity contribution < 1.29 is 17.9 Å². The van der Waals surface area contributed by atoms with E-state index in [0.717, 1.165) is 6.42 Å². The molecule has 1 amide bonds. The molecule has 126 valence electrons. The molecule has 3 rings (SSSR count). The van der Waals surface area contributed by atoms with Crippen LogP contribution in [0.25, 0.3) is 0 Å². The Morgan fingerprint density at radius 3 is 2.57 bits per heavy atom. The fourth-order valence-corrected chi connectivity index (χ4v) is 4.68. The molecule has 0 bridgehead atoms. The quantitative estimate of drug-likeness (QED) is 0.807. The van der Waals surface area contributed by atoms with E-state index in [4.69, 9.17) is 16.3 Å². The van der Waals surface area contributed by atoms with E-state index in [2.05, 4.69) is 0 Å². The smallest absolute Gasteiger partial charge is 0.255 e. The minimum Gasteiger partial charge on any atom is -0.378 e. The first-order valence-electron chi connectivity index (χ1n) is 7.66. The lowest BCUT2D eigenvalue weighted by Crippen LogP contribution is -2.41. The lowest BCUT2D eigenvalue weighted by atomic mass is 10.1. The van der Waals surface area contributed by atoms with E-state index in [9.17, 15) is 13.2 Å². The highest BCUT2D eigenvalue weighted by molar-refractivity contribution is 7.92. The van der Waals surface area contributed by atoms with Crippen LogP contribution in [-0.2, 0) is 14.8 Å². The van der Waals surface area contributed by atoms with Crippen molar-refractivity contribution in [2.24, 2.45) is 0 Å². The number of carbonyl (C=O) groups excluding carboxylic acids is 1. The molecule has 0 unspecified atom stereocenters. The van der Waals surface area contributed by atoms with Crippen molar-refractivity contribution in [3.8, 4) is 0 Å². The van der Waals surface area contributed by atoms with Crippen LogP contribution in [0.4, 0.5) is 5.69 Å². The average Bonchev–Trinajstić information content (AvgIpc) is 2.55. The van der Waals surface area contributed by atoms with Gasteiger partial charge in [-0.25, -0.2) is 8.42 Å². The largest absolute Gasteiger partial charge is 0.378 e. The molecule has 2 aliphatic rings. The summed E-state index contributed by atoms with van der Waals surface area (Å²) >= 11 is 6.17. The van der Waals surface area contributed by atoms with Gasteiger partial charge in [0.2, 0.25) is 10.0 Å². The Morgan fingerprint density at radius 2 is 1.87 bits per heavy atom. The third kappa shape index (κ3) is 3.46. The first-order valence-corrected chi connectivity index (χ1v) is 9.65. The van der Waals surface area contributed by atoms with Crippen molar-refractivity contribution in [3.05, 3.63) is 28.8 Å². The van der Waals surface area contributed by atoms with E-state index >= 15 is 0 Å². The van der Waals surface area contributed by atoms with Gasteiger partial charge < -0.3 is 9.64 Å². The van der Waals surface area contributed by atoms with E-state index in [1.165, 1.54) is 4.31 Å². The predicted molar refractivity (Wildman–Crippen MR) is 88.5 cm³/mol. The monoisotopic (exact) mass is 358 g/mol. The maximum atomic E-state index is 12.6. The molecule has 1 aromatic carbocycles. The number of hydrogen-bond donors (Lipinski definition) is 0. The summed E-state index contributed by atoms with van der Waals surface area (Å²) in [5, 5.41) is 0.333. The highest BCUT2D eigenvalue weighted by Crippen LogP contribution is 2.28. The second-order valence-corrected chi connectivity index (χ2v) is 8.08. The standard InChI is InChI=1S/C15H19ClN2O4S/c16-14-4-3-12(18-5-1-2-10-23(18,20)21)11-13(14)15(19)17-6-8-22-9-7-17/h3-4,11H,1-2,5-10H2. The van der Waals surface area contributed by atoms with Crippen LogP contribution in [0.15, 0.2) is 18.2 Å². The average molecular weight is 359 g/mol. The minimum absolute atomic E-state index is 0.141. The molecule has 0 spiro atoms. The normalized spacial score (nSPS) is 21.3. The predicted octanol–water partition coefficient (Wildman–Crippen LogP) is 1.74. The highest BCUT2D eigenvalue weighted by atomic mass is 35.5. The van der Waals surface area contributed by atoms with E-state index in [1.54, 1.807) is 23.1 Å². The van der Waals surface area contributed by atoms with Gasteiger partial charge in [0.15, 0.2) is 0 Å². The summed E-state index contributed by atoms with van der Waals surface area (Å²) in [5.74, 6) is -0.0444. The second kappa shape index (κ2) is 6.67. The van der Waals surface area contributed by atoms with Crippen molar-refractivity contribution in [2.75, 3.05) is 42.9 Å². The number of morpholine rings is 1. The Bertz CT molecular complexity index is 701. The number of amides is 1. The number of carbonyl (C=O) groups is 1. The zero-order valence-corrected chi connectivity index (χ0v) is 14.3. The van der Waals surface area contributed by atoms with E-state index < -0.39 is 10.0 Å². The Kier molecular flexibility index (Phi) is 4.79. The number of halogens is 1. The maximum Gasteiger partial charge on any atom is 0.255 e. The lowest BCUT2D eigenvalue weighted by Gasteiger charge is -2.30. The van der Waals surface area contributed by atoms with Crippen LogP contribution in [0.1, 0.15) is 23.2 Å². The molecule has 0 N–H and O–H groups in total. The molecular weight excluding hydrogens is 340 g/mol. The van der Waals surface area contributed by atoms with Crippen LogP contribution in [0.2, 0.25) is 5.02 Å². The molecule has 0 aliphatic carbocycles. The summed E-state index contributed by atoms with van der Waals surface area (Å²) in [6.45, 7) is 2.48. The number of benzene rings is 1. The molecule has 6 nitrogen and oxygen atoms in total. The summed E-state index contributed by atoms with van der Waals surface area (Å²) in [7, 11) is -3.31. The maximum absolute atomic E-state index is 12.6. The van der Waals surface area contributed by atoms with Gasteiger partial charge in [0.05, 0.1) is 35.2 Å². The van der Waals surface area contributed by atoms with Crippen molar-refractivity contribution in [1.29, 1.82) is 0 Å². The van der Waals surface area contributed by atoms with Gasteiger partial charge in [0.1, 0.15) is 0 Å². The van der Waals surface area contributed by atoms with Gasteiger partial charge in [0, 0.05) is 19.6 Å². The number of hydrogen-bond acceptors (Lipinski definition) is 4. The molecule has 0 atom stereocenters. The number of sulfonamides is 1. The first kappa shape index (κ1) is 16.5. The fraction of sp³-hybridized carbons (Fsp3) is 0.533. The second-order valence-electron chi connectivity index (χ2n) is 5.66. The first-order chi connectivity index (χ1) is 11.0. The summed E-state index contributed by atoms with van der Waals surface area (Å²) in [6, 6.07) is 4.83. The van der Waals surface area contributed by atoms with Crippen LogP contribution < -0.4 is 4.31 Å². The van der Waals surface area contributed by atoms with Crippen molar-refractivity contribution in [3.63, 3.8) is 0 Å². The molecule has 8 heteroatoms. The molecule has 2 fully saturated rings. The van der Waals surface area contributed by atoms with Crippen molar-refractivity contribution in [2.45, 2.75) is 12.8 Å². The van der Waals surface area contributed by atoms with E-state index in [-0.39, 0.29) is 11.7 Å². The third-order valence-corrected chi connectivity index (χ3v) is 6.32. The van der Waals surface area contributed by atoms with Crippen LogP contribution in [0, 0.1) is 0 Å². The van der Waals surface area contributed by atoms with Crippen LogP contribution in [0.5, 0.6) is 0 Å². The van der Waals surface area contributed by atoms with Gasteiger partial charge in [-0.1, -0.05) is 11.6 Å². The molecule has 2 heterocycles. The highest BCUT2D eigenvalue weighted by Gasteiger charge is 2.28. The molecule has 0 radical (unpaired) electrons. The Labute approximate surface area is 141 Å². The third-order valence-electron chi connectivity index (χ3n) is 4.12. The zero-order chi connectivity index (χ0) is 16.4. The van der Waals surface area contributed by atoms with Gasteiger partial charge >= 0.3 is 0 Å². The molecule has 2 aliphatic heterocycles. The van der Waals surface area contributed by atoms with Crippen LogP contribution in [-0.4, -0.2) is 57.8 Å². The van der Waals surface area contributed by atoms with Crippen molar-refractivity contribution in [1.82, 2.24) is 4.90 Å². The summed E-state index contributed by atoms with van der Waals surface area (Å²) in [4.78, 5) is 14.3. The SMILES string of the molecule is O=C(c1cc(N2CCCCS2(=O)=O)ccc1Cl)N1CCOCC1. The molecule has 1 aromatic rings. The molecular formula is C15H19ClN2O4S. The summed E-state index contributed by atoms with van der Waals surface area (Å²) < 4.78 is 31.1. The Balaban J connectivity index is 1.91. The number of nitrogens with zero attached hydrogens (tertiary/aromatic N) is 2. The Hall–Kier alpha value is -1.31. The Morgan fingerprint density at radius 1 is 1.13 bits per heavy atom. The van der Waals surface area contributed by atoms with Gasteiger partial charge in [0.25, 0.3) is 5.91 Å².